The monoisotopic (exact) mass is 384 g/mol. The molecule has 3 rings (SSSR count). The molecule has 0 radical (unpaired) electrons. The molecule has 2 aromatic carbocycles. The molecule has 144 valence electrons. The Balaban J connectivity index is 1.86. The van der Waals surface area contributed by atoms with Gasteiger partial charge in [-0.1, -0.05) is 12.1 Å². The average molecular weight is 384 g/mol. The standard InChI is InChI=1S/C20H18F2N4O2/c1-3-28-20(27)14-6-4-5-7-17(14)26-19-11-18(23-12(2)24-19)25-13-8-9-15(21)16(22)10-13/h4-11H,3H2,1-2H3,(H2,23,24,25,26). The van der Waals surface area contributed by atoms with Crippen molar-refractivity contribution in [1.82, 2.24) is 9.97 Å². The van der Waals surface area contributed by atoms with E-state index in [0.29, 0.717) is 34.4 Å². The highest BCUT2D eigenvalue weighted by Crippen LogP contribution is 2.24. The Morgan fingerprint density at radius 1 is 1.00 bits per heavy atom. The van der Waals surface area contributed by atoms with Crippen LogP contribution in [0.5, 0.6) is 0 Å². The van der Waals surface area contributed by atoms with E-state index in [9.17, 15) is 13.6 Å². The van der Waals surface area contributed by atoms with Crippen LogP contribution in [0.15, 0.2) is 48.5 Å². The Hall–Kier alpha value is -3.55. The van der Waals surface area contributed by atoms with Crippen LogP contribution in [-0.4, -0.2) is 22.5 Å². The van der Waals surface area contributed by atoms with Gasteiger partial charge in [-0.25, -0.2) is 23.5 Å². The Morgan fingerprint density at radius 2 is 1.71 bits per heavy atom. The lowest BCUT2D eigenvalue weighted by molar-refractivity contribution is 0.0527. The zero-order valence-corrected chi connectivity index (χ0v) is 15.3. The molecule has 0 aliphatic carbocycles. The number of para-hydroxylation sites is 1. The molecule has 0 fully saturated rings. The molecule has 1 aromatic heterocycles. The van der Waals surface area contributed by atoms with Crippen LogP contribution in [0.25, 0.3) is 0 Å². The SMILES string of the molecule is CCOC(=O)c1ccccc1Nc1cc(Nc2ccc(F)c(F)c2)nc(C)n1. The molecule has 0 aliphatic heterocycles. The maximum absolute atomic E-state index is 13.4. The highest BCUT2D eigenvalue weighted by atomic mass is 19.2. The third-order valence-corrected chi connectivity index (χ3v) is 3.72. The van der Waals surface area contributed by atoms with Crippen molar-refractivity contribution in [2.45, 2.75) is 13.8 Å². The van der Waals surface area contributed by atoms with E-state index in [-0.39, 0.29) is 6.61 Å². The lowest BCUT2D eigenvalue weighted by atomic mass is 10.2. The average Bonchev–Trinajstić information content (AvgIpc) is 2.65. The van der Waals surface area contributed by atoms with Gasteiger partial charge in [0.25, 0.3) is 0 Å². The second-order valence-corrected chi connectivity index (χ2v) is 5.83. The van der Waals surface area contributed by atoms with Gasteiger partial charge in [-0.05, 0) is 38.1 Å². The number of hydrogen-bond donors (Lipinski definition) is 2. The van der Waals surface area contributed by atoms with E-state index in [4.69, 9.17) is 4.74 Å². The highest BCUT2D eigenvalue weighted by Gasteiger charge is 2.13. The van der Waals surface area contributed by atoms with Crippen LogP contribution in [0.1, 0.15) is 23.1 Å². The van der Waals surface area contributed by atoms with Crippen molar-refractivity contribution in [1.29, 1.82) is 0 Å². The molecule has 0 atom stereocenters. The Labute approximate surface area is 160 Å². The maximum Gasteiger partial charge on any atom is 0.340 e. The summed E-state index contributed by atoms with van der Waals surface area (Å²) >= 11 is 0. The van der Waals surface area contributed by atoms with Crippen LogP contribution < -0.4 is 10.6 Å². The van der Waals surface area contributed by atoms with Gasteiger partial charge in [-0.3, -0.25) is 0 Å². The number of halogens is 2. The van der Waals surface area contributed by atoms with Crippen molar-refractivity contribution >= 4 is 29.0 Å². The topological polar surface area (TPSA) is 76.1 Å². The number of carbonyl (C=O) groups is 1. The molecule has 28 heavy (non-hydrogen) atoms. The number of hydrogen-bond acceptors (Lipinski definition) is 6. The second-order valence-electron chi connectivity index (χ2n) is 5.83. The molecule has 0 saturated carbocycles. The molecule has 0 unspecified atom stereocenters. The molecular weight excluding hydrogens is 366 g/mol. The summed E-state index contributed by atoms with van der Waals surface area (Å²) < 4.78 is 31.6. The largest absolute Gasteiger partial charge is 0.462 e. The first-order valence-corrected chi connectivity index (χ1v) is 8.57. The van der Waals surface area contributed by atoms with Gasteiger partial charge in [0.05, 0.1) is 17.9 Å². The van der Waals surface area contributed by atoms with Crippen LogP contribution in [0.2, 0.25) is 0 Å². The molecule has 0 aliphatic rings. The summed E-state index contributed by atoms with van der Waals surface area (Å²) in [6.07, 6.45) is 0. The number of ether oxygens (including phenoxy) is 1. The summed E-state index contributed by atoms with van der Waals surface area (Å²) in [5.74, 6) is -1.08. The Kier molecular flexibility index (Phi) is 5.78. The minimum Gasteiger partial charge on any atom is -0.462 e. The number of rotatable bonds is 6. The number of anilines is 4. The van der Waals surface area contributed by atoms with E-state index in [2.05, 4.69) is 20.6 Å². The van der Waals surface area contributed by atoms with E-state index in [1.54, 1.807) is 44.2 Å². The first-order valence-electron chi connectivity index (χ1n) is 8.57. The lowest BCUT2D eigenvalue weighted by Gasteiger charge is -2.13. The lowest BCUT2D eigenvalue weighted by Crippen LogP contribution is -2.09. The van der Waals surface area contributed by atoms with E-state index in [1.807, 2.05) is 0 Å². The van der Waals surface area contributed by atoms with Crippen molar-refractivity contribution in [3.8, 4) is 0 Å². The van der Waals surface area contributed by atoms with Crippen molar-refractivity contribution in [3.05, 3.63) is 71.6 Å². The van der Waals surface area contributed by atoms with Crippen LogP contribution in [0, 0.1) is 18.6 Å². The minimum absolute atomic E-state index is 0.266. The van der Waals surface area contributed by atoms with Gasteiger partial charge in [0.15, 0.2) is 11.6 Å². The van der Waals surface area contributed by atoms with E-state index in [0.717, 1.165) is 12.1 Å². The smallest absolute Gasteiger partial charge is 0.340 e. The summed E-state index contributed by atoms with van der Waals surface area (Å²) in [7, 11) is 0. The van der Waals surface area contributed by atoms with Crippen LogP contribution in [-0.2, 0) is 4.74 Å². The Bertz CT molecular complexity index is 1010. The first-order chi connectivity index (χ1) is 13.5. The molecule has 0 saturated heterocycles. The van der Waals surface area contributed by atoms with Gasteiger partial charge in [-0.15, -0.1) is 0 Å². The van der Waals surface area contributed by atoms with Gasteiger partial charge in [-0.2, -0.15) is 0 Å². The fourth-order valence-electron chi connectivity index (χ4n) is 2.53. The van der Waals surface area contributed by atoms with Crippen molar-refractivity contribution in [3.63, 3.8) is 0 Å². The summed E-state index contributed by atoms with van der Waals surface area (Å²) in [5, 5.41) is 5.98. The van der Waals surface area contributed by atoms with Crippen molar-refractivity contribution < 1.29 is 18.3 Å². The highest BCUT2D eigenvalue weighted by molar-refractivity contribution is 5.96. The van der Waals surface area contributed by atoms with E-state index in [1.165, 1.54) is 6.07 Å². The molecule has 3 aromatic rings. The van der Waals surface area contributed by atoms with Gasteiger partial charge in [0.2, 0.25) is 0 Å². The predicted octanol–water partition coefficient (Wildman–Crippen LogP) is 4.73. The minimum atomic E-state index is -0.961. The normalized spacial score (nSPS) is 10.4. The molecule has 8 heteroatoms. The molecule has 0 spiro atoms. The van der Waals surface area contributed by atoms with Crippen molar-refractivity contribution in [2.24, 2.45) is 0 Å². The number of esters is 1. The summed E-state index contributed by atoms with van der Waals surface area (Å²) in [4.78, 5) is 20.7. The van der Waals surface area contributed by atoms with Crippen LogP contribution in [0.3, 0.4) is 0 Å². The summed E-state index contributed by atoms with van der Waals surface area (Å²) in [6.45, 7) is 3.69. The van der Waals surface area contributed by atoms with Gasteiger partial charge in [0.1, 0.15) is 17.5 Å². The van der Waals surface area contributed by atoms with Crippen LogP contribution in [0.4, 0.5) is 31.8 Å². The predicted molar refractivity (Wildman–Crippen MR) is 102 cm³/mol. The summed E-state index contributed by atoms with van der Waals surface area (Å²) in [5.41, 5.74) is 1.24. The molecule has 0 bridgehead atoms. The van der Waals surface area contributed by atoms with Gasteiger partial charge >= 0.3 is 5.97 Å². The van der Waals surface area contributed by atoms with Gasteiger partial charge < -0.3 is 15.4 Å². The first kappa shape index (κ1) is 19.2. The van der Waals surface area contributed by atoms with Crippen LogP contribution >= 0.6 is 0 Å². The number of nitrogens with one attached hydrogen (secondary N) is 2. The zero-order chi connectivity index (χ0) is 20.1. The number of aromatic nitrogens is 2. The maximum atomic E-state index is 13.4. The Morgan fingerprint density at radius 3 is 2.43 bits per heavy atom. The third-order valence-electron chi connectivity index (χ3n) is 3.72. The molecule has 1 heterocycles. The van der Waals surface area contributed by atoms with E-state index < -0.39 is 17.6 Å². The second kappa shape index (κ2) is 8.43. The number of benzene rings is 2. The number of carbonyl (C=O) groups excluding carboxylic acids is 1. The summed E-state index contributed by atoms with van der Waals surface area (Å²) in [6, 6.07) is 11.9. The molecule has 0 amide bonds. The fraction of sp³-hybridized carbons (Fsp3) is 0.150. The molecular formula is C20H18F2N4O2. The number of nitrogens with zero attached hydrogens (tertiary/aromatic N) is 2. The number of aryl methyl sites for hydroxylation is 1. The quantitative estimate of drug-likeness (QED) is 0.599. The van der Waals surface area contributed by atoms with Crippen molar-refractivity contribution in [2.75, 3.05) is 17.2 Å². The molecule has 6 nitrogen and oxygen atoms in total. The fourth-order valence-corrected chi connectivity index (χ4v) is 2.53. The molecule has 2 N–H and O–H groups in total. The zero-order valence-electron chi connectivity index (χ0n) is 15.3. The third kappa shape index (κ3) is 4.59. The van der Waals surface area contributed by atoms with Gasteiger partial charge in [0, 0.05) is 17.8 Å². The van der Waals surface area contributed by atoms with E-state index >= 15 is 0 Å².